The zero-order valence-electron chi connectivity index (χ0n) is 12.3. The molecule has 0 radical (unpaired) electrons. The second kappa shape index (κ2) is 6.36. The first-order valence-electron chi connectivity index (χ1n) is 7.89. The Morgan fingerprint density at radius 1 is 1.15 bits per heavy atom. The Hall–Kier alpha value is -1.41. The van der Waals surface area contributed by atoms with Gasteiger partial charge < -0.3 is 5.32 Å². The maximum Gasteiger partial charge on any atom is 0.0346 e. The van der Waals surface area contributed by atoms with Crippen molar-refractivity contribution < 1.29 is 0 Å². The molecule has 0 spiro atoms. The van der Waals surface area contributed by atoms with Gasteiger partial charge in [0.25, 0.3) is 0 Å². The highest BCUT2D eigenvalue weighted by Crippen LogP contribution is 2.26. The van der Waals surface area contributed by atoms with Crippen LogP contribution in [-0.4, -0.2) is 11.0 Å². The third-order valence-electron chi connectivity index (χ3n) is 4.69. The summed E-state index contributed by atoms with van der Waals surface area (Å²) in [6, 6.07) is 9.37. The van der Waals surface area contributed by atoms with Gasteiger partial charge in [-0.1, -0.05) is 31.4 Å². The van der Waals surface area contributed by atoms with Gasteiger partial charge in [0.1, 0.15) is 0 Å². The summed E-state index contributed by atoms with van der Waals surface area (Å²) < 4.78 is 0. The third kappa shape index (κ3) is 3.18. The molecule has 1 aromatic carbocycles. The van der Waals surface area contributed by atoms with Crippen LogP contribution in [0.15, 0.2) is 36.7 Å². The molecular formula is C18H24N2. The lowest BCUT2D eigenvalue weighted by Gasteiger charge is -2.28. The summed E-state index contributed by atoms with van der Waals surface area (Å²) in [6.45, 7) is 3.32. The lowest BCUT2D eigenvalue weighted by molar-refractivity contribution is 0.280. The van der Waals surface area contributed by atoms with Gasteiger partial charge in [-0.05, 0) is 48.8 Å². The van der Waals surface area contributed by atoms with Crippen LogP contribution in [0.25, 0.3) is 10.8 Å². The molecule has 1 fully saturated rings. The average Bonchev–Trinajstić information content (AvgIpc) is 2.53. The van der Waals surface area contributed by atoms with Crippen molar-refractivity contribution in [1.29, 1.82) is 0 Å². The van der Waals surface area contributed by atoms with Crippen molar-refractivity contribution in [2.75, 3.05) is 0 Å². The number of nitrogens with zero attached hydrogens (tertiary/aromatic N) is 1. The van der Waals surface area contributed by atoms with Crippen molar-refractivity contribution in [3.05, 3.63) is 42.2 Å². The van der Waals surface area contributed by atoms with Gasteiger partial charge in [-0.15, -0.1) is 0 Å². The number of hydrogen-bond donors (Lipinski definition) is 1. The molecular weight excluding hydrogens is 244 g/mol. The molecule has 1 atom stereocenters. The van der Waals surface area contributed by atoms with Crippen LogP contribution in [0.1, 0.15) is 44.6 Å². The van der Waals surface area contributed by atoms with Crippen LogP contribution in [0.5, 0.6) is 0 Å². The number of fused-ring (bicyclic) bond motifs is 1. The molecule has 20 heavy (non-hydrogen) atoms. The van der Waals surface area contributed by atoms with Crippen LogP contribution in [-0.2, 0) is 6.54 Å². The van der Waals surface area contributed by atoms with E-state index in [1.807, 2.05) is 12.4 Å². The molecule has 3 rings (SSSR count). The minimum atomic E-state index is 0.628. The van der Waals surface area contributed by atoms with Crippen molar-refractivity contribution in [2.24, 2.45) is 5.92 Å². The van der Waals surface area contributed by atoms with Crippen LogP contribution in [0, 0.1) is 5.92 Å². The van der Waals surface area contributed by atoms with Gasteiger partial charge in [0.05, 0.1) is 0 Å². The van der Waals surface area contributed by atoms with Crippen molar-refractivity contribution in [3.63, 3.8) is 0 Å². The molecule has 0 unspecified atom stereocenters. The van der Waals surface area contributed by atoms with E-state index in [4.69, 9.17) is 0 Å². The Morgan fingerprint density at radius 2 is 2.00 bits per heavy atom. The lowest BCUT2D eigenvalue weighted by atomic mass is 9.84. The summed E-state index contributed by atoms with van der Waals surface area (Å²) in [4.78, 5) is 4.16. The molecule has 1 N–H and O–H groups in total. The molecule has 2 heteroatoms. The Morgan fingerprint density at radius 3 is 2.85 bits per heavy atom. The SMILES string of the molecule is C[C@H](NCc1ccc2cnccc2c1)C1CCCCC1. The monoisotopic (exact) mass is 268 g/mol. The second-order valence-electron chi connectivity index (χ2n) is 6.12. The van der Waals surface area contributed by atoms with Crippen molar-refractivity contribution >= 4 is 10.8 Å². The lowest BCUT2D eigenvalue weighted by Crippen LogP contribution is -2.34. The molecule has 0 saturated heterocycles. The van der Waals surface area contributed by atoms with Crippen LogP contribution in [0.3, 0.4) is 0 Å². The number of nitrogens with one attached hydrogen (secondary N) is 1. The molecule has 1 aromatic heterocycles. The second-order valence-corrected chi connectivity index (χ2v) is 6.12. The highest BCUT2D eigenvalue weighted by molar-refractivity contribution is 5.81. The van der Waals surface area contributed by atoms with Gasteiger partial charge >= 0.3 is 0 Å². The molecule has 1 heterocycles. The quantitative estimate of drug-likeness (QED) is 0.894. The fourth-order valence-corrected chi connectivity index (χ4v) is 3.32. The Labute approximate surface area is 121 Å². The van der Waals surface area contributed by atoms with Crippen molar-refractivity contribution in [2.45, 2.75) is 51.6 Å². The molecule has 0 amide bonds. The van der Waals surface area contributed by atoms with E-state index in [-0.39, 0.29) is 0 Å². The van der Waals surface area contributed by atoms with Crippen LogP contribution in [0.4, 0.5) is 0 Å². The predicted octanol–water partition coefficient (Wildman–Crippen LogP) is 4.29. The summed E-state index contributed by atoms with van der Waals surface area (Å²) in [6.07, 6.45) is 10.9. The van der Waals surface area contributed by atoms with E-state index in [0.29, 0.717) is 6.04 Å². The molecule has 1 aliphatic rings. The Balaban J connectivity index is 1.61. The summed E-state index contributed by atoms with van der Waals surface area (Å²) >= 11 is 0. The van der Waals surface area contributed by atoms with Gasteiger partial charge in [-0.2, -0.15) is 0 Å². The number of pyridine rings is 1. The minimum Gasteiger partial charge on any atom is -0.310 e. The number of hydrogen-bond acceptors (Lipinski definition) is 2. The molecule has 0 bridgehead atoms. The predicted molar refractivity (Wildman–Crippen MR) is 84.6 cm³/mol. The Kier molecular flexibility index (Phi) is 4.31. The van der Waals surface area contributed by atoms with E-state index >= 15 is 0 Å². The van der Waals surface area contributed by atoms with Gasteiger partial charge in [-0.3, -0.25) is 4.98 Å². The smallest absolute Gasteiger partial charge is 0.0346 e. The molecule has 1 saturated carbocycles. The zero-order chi connectivity index (χ0) is 13.8. The van der Waals surface area contributed by atoms with Gasteiger partial charge in [0.15, 0.2) is 0 Å². The standard InChI is InChI=1S/C18H24N2/c1-14(16-5-3-2-4-6-16)20-12-15-7-8-18-13-19-10-9-17(18)11-15/h7-11,13-14,16,20H,2-6,12H2,1H3/t14-/m0/s1. The molecule has 2 nitrogen and oxygen atoms in total. The normalized spacial score (nSPS) is 18.2. The molecule has 2 aromatic rings. The largest absolute Gasteiger partial charge is 0.310 e. The first-order chi connectivity index (χ1) is 9.83. The van der Waals surface area contributed by atoms with E-state index in [0.717, 1.165) is 12.5 Å². The number of aromatic nitrogens is 1. The highest BCUT2D eigenvalue weighted by atomic mass is 14.9. The highest BCUT2D eigenvalue weighted by Gasteiger charge is 2.19. The van der Waals surface area contributed by atoms with Crippen LogP contribution >= 0.6 is 0 Å². The fraction of sp³-hybridized carbons (Fsp3) is 0.500. The van der Waals surface area contributed by atoms with Gasteiger partial charge in [-0.25, -0.2) is 0 Å². The van der Waals surface area contributed by atoms with E-state index in [1.165, 1.54) is 48.4 Å². The van der Waals surface area contributed by atoms with Crippen LogP contribution < -0.4 is 5.32 Å². The van der Waals surface area contributed by atoms with Crippen molar-refractivity contribution in [1.82, 2.24) is 10.3 Å². The topological polar surface area (TPSA) is 24.9 Å². The summed E-state index contributed by atoms with van der Waals surface area (Å²) in [7, 11) is 0. The maximum absolute atomic E-state index is 4.16. The number of benzene rings is 1. The minimum absolute atomic E-state index is 0.628. The van der Waals surface area contributed by atoms with Crippen LogP contribution in [0.2, 0.25) is 0 Å². The zero-order valence-corrected chi connectivity index (χ0v) is 12.3. The van der Waals surface area contributed by atoms with Crippen molar-refractivity contribution in [3.8, 4) is 0 Å². The summed E-state index contributed by atoms with van der Waals surface area (Å²) in [5.74, 6) is 0.869. The molecule has 0 aliphatic heterocycles. The summed E-state index contributed by atoms with van der Waals surface area (Å²) in [5.41, 5.74) is 1.37. The first-order valence-corrected chi connectivity index (χ1v) is 7.89. The third-order valence-corrected chi connectivity index (χ3v) is 4.69. The van der Waals surface area contributed by atoms with E-state index < -0.39 is 0 Å². The molecule has 106 valence electrons. The summed E-state index contributed by atoms with van der Waals surface area (Å²) in [5, 5.41) is 6.22. The van der Waals surface area contributed by atoms with Gasteiger partial charge in [0, 0.05) is 30.4 Å². The maximum atomic E-state index is 4.16. The Bertz CT molecular complexity index is 558. The van der Waals surface area contributed by atoms with E-state index in [2.05, 4.69) is 41.5 Å². The van der Waals surface area contributed by atoms with Gasteiger partial charge in [0.2, 0.25) is 0 Å². The van der Waals surface area contributed by atoms with E-state index in [9.17, 15) is 0 Å². The van der Waals surface area contributed by atoms with E-state index in [1.54, 1.807) is 0 Å². The first kappa shape index (κ1) is 13.6. The average molecular weight is 268 g/mol. The number of rotatable bonds is 4. The fourth-order valence-electron chi connectivity index (χ4n) is 3.32. The molecule has 1 aliphatic carbocycles.